The molecule has 0 atom stereocenters. The van der Waals surface area contributed by atoms with Gasteiger partial charge >= 0.3 is 0 Å². The quantitative estimate of drug-likeness (QED) is 0.452. The molecule has 0 aliphatic rings. The Morgan fingerprint density at radius 2 is 1.70 bits per heavy atom. The van der Waals surface area contributed by atoms with Crippen LogP contribution in [0.15, 0.2) is 60.7 Å². The molecule has 0 aromatic heterocycles. The molecule has 27 heavy (non-hydrogen) atoms. The number of halogens is 4. The first kappa shape index (κ1) is 19.5. The van der Waals surface area contributed by atoms with E-state index < -0.39 is 11.7 Å². The zero-order valence-corrected chi connectivity index (χ0v) is 16.1. The molecule has 1 N–H and O–H groups in total. The Morgan fingerprint density at radius 1 is 0.963 bits per heavy atom. The van der Waals surface area contributed by atoms with E-state index in [0.717, 1.165) is 5.56 Å². The molecule has 1 amide bonds. The van der Waals surface area contributed by atoms with Crippen LogP contribution >= 0.6 is 34.8 Å². The van der Waals surface area contributed by atoms with Crippen molar-refractivity contribution in [3.8, 4) is 11.5 Å². The van der Waals surface area contributed by atoms with Crippen LogP contribution < -0.4 is 10.1 Å². The van der Waals surface area contributed by atoms with Gasteiger partial charge in [-0.3, -0.25) is 4.79 Å². The Hall–Kier alpha value is -2.27. The Balaban J connectivity index is 1.71. The normalized spacial score (nSPS) is 10.5. The van der Waals surface area contributed by atoms with Crippen LogP contribution in [0.5, 0.6) is 11.5 Å². The van der Waals surface area contributed by atoms with Gasteiger partial charge < -0.3 is 10.1 Å². The highest BCUT2D eigenvalue weighted by atomic mass is 35.5. The lowest BCUT2D eigenvalue weighted by Crippen LogP contribution is -2.12. The summed E-state index contributed by atoms with van der Waals surface area (Å²) in [7, 11) is 0. The average molecular weight is 425 g/mol. The van der Waals surface area contributed by atoms with E-state index in [-0.39, 0.29) is 16.5 Å². The fraction of sp³-hybridized carbons (Fsp3) is 0.0500. The standard InChI is InChI=1S/C20H13Cl3FNO2/c21-11-12-1-5-15(6-2-12)27-19-8-4-14(10-18(19)24)25-20(26)13-3-7-16(22)17(23)9-13/h1-10H,11H2,(H,25,26). The summed E-state index contributed by atoms with van der Waals surface area (Å²) in [6.07, 6.45) is 0. The van der Waals surface area contributed by atoms with Crippen molar-refractivity contribution < 1.29 is 13.9 Å². The Morgan fingerprint density at radius 3 is 2.33 bits per heavy atom. The summed E-state index contributed by atoms with van der Waals surface area (Å²) in [4.78, 5) is 12.2. The third-order valence-electron chi connectivity index (χ3n) is 3.68. The van der Waals surface area contributed by atoms with E-state index in [2.05, 4.69) is 5.32 Å². The molecular weight excluding hydrogens is 412 g/mol. The average Bonchev–Trinajstić information content (AvgIpc) is 2.66. The molecule has 0 fully saturated rings. The second-order valence-corrected chi connectivity index (χ2v) is 6.69. The number of ether oxygens (including phenoxy) is 1. The smallest absolute Gasteiger partial charge is 0.255 e. The monoisotopic (exact) mass is 423 g/mol. The lowest BCUT2D eigenvalue weighted by molar-refractivity contribution is 0.102. The van der Waals surface area contributed by atoms with Gasteiger partial charge in [0.2, 0.25) is 0 Å². The van der Waals surface area contributed by atoms with Crippen LogP contribution in [0.25, 0.3) is 0 Å². The van der Waals surface area contributed by atoms with Crippen molar-refractivity contribution in [3.63, 3.8) is 0 Å². The van der Waals surface area contributed by atoms with Crippen molar-refractivity contribution >= 4 is 46.4 Å². The molecule has 0 bridgehead atoms. The van der Waals surface area contributed by atoms with Crippen LogP contribution in [0.3, 0.4) is 0 Å². The first-order valence-electron chi connectivity index (χ1n) is 7.85. The molecule has 7 heteroatoms. The lowest BCUT2D eigenvalue weighted by atomic mass is 10.2. The number of hydrogen-bond donors (Lipinski definition) is 1. The van der Waals surface area contributed by atoms with Crippen LogP contribution in [-0.2, 0) is 5.88 Å². The third kappa shape index (κ3) is 4.92. The second kappa shape index (κ2) is 8.61. The number of amides is 1. The van der Waals surface area contributed by atoms with Crippen molar-refractivity contribution in [1.82, 2.24) is 0 Å². The van der Waals surface area contributed by atoms with Gasteiger partial charge in [0.1, 0.15) is 5.75 Å². The van der Waals surface area contributed by atoms with E-state index in [1.165, 1.54) is 30.3 Å². The molecular formula is C20H13Cl3FNO2. The predicted molar refractivity (Wildman–Crippen MR) is 107 cm³/mol. The topological polar surface area (TPSA) is 38.3 Å². The SMILES string of the molecule is O=C(Nc1ccc(Oc2ccc(CCl)cc2)c(F)c1)c1ccc(Cl)c(Cl)c1. The summed E-state index contributed by atoms with van der Waals surface area (Å²) in [5, 5.41) is 3.21. The summed E-state index contributed by atoms with van der Waals surface area (Å²) in [6.45, 7) is 0. The first-order valence-corrected chi connectivity index (χ1v) is 9.14. The zero-order chi connectivity index (χ0) is 19.4. The number of benzene rings is 3. The zero-order valence-electron chi connectivity index (χ0n) is 13.8. The van der Waals surface area contributed by atoms with Gasteiger partial charge in [0, 0.05) is 23.2 Å². The molecule has 3 nitrogen and oxygen atoms in total. The number of anilines is 1. The summed E-state index contributed by atoms with van der Waals surface area (Å²) in [6, 6.07) is 15.7. The number of nitrogens with one attached hydrogen (secondary N) is 1. The molecule has 0 unspecified atom stereocenters. The molecule has 0 saturated heterocycles. The van der Waals surface area contributed by atoms with Crippen LogP contribution in [0.1, 0.15) is 15.9 Å². The molecule has 0 heterocycles. The van der Waals surface area contributed by atoms with Gasteiger partial charge in [-0.2, -0.15) is 0 Å². The maximum Gasteiger partial charge on any atom is 0.255 e. The van der Waals surface area contributed by atoms with E-state index in [0.29, 0.717) is 22.2 Å². The second-order valence-electron chi connectivity index (χ2n) is 5.61. The third-order valence-corrected chi connectivity index (χ3v) is 4.72. The highest BCUT2D eigenvalue weighted by molar-refractivity contribution is 6.42. The number of carbonyl (C=O) groups excluding carboxylic acids is 1. The van der Waals surface area contributed by atoms with Crippen molar-refractivity contribution in [2.24, 2.45) is 0 Å². The van der Waals surface area contributed by atoms with Gasteiger partial charge in [-0.05, 0) is 48.0 Å². The highest BCUT2D eigenvalue weighted by Crippen LogP contribution is 2.28. The number of carbonyl (C=O) groups is 1. The van der Waals surface area contributed by atoms with E-state index in [4.69, 9.17) is 39.5 Å². The highest BCUT2D eigenvalue weighted by Gasteiger charge is 2.11. The number of hydrogen-bond acceptors (Lipinski definition) is 2. The summed E-state index contributed by atoms with van der Waals surface area (Å²) in [5.41, 5.74) is 1.53. The minimum atomic E-state index is -0.608. The largest absolute Gasteiger partial charge is 0.454 e. The Bertz CT molecular complexity index is 977. The molecule has 0 radical (unpaired) electrons. The molecule has 0 aliphatic carbocycles. The Kier molecular flexibility index (Phi) is 6.22. The minimum Gasteiger partial charge on any atom is -0.454 e. The fourth-order valence-corrected chi connectivity index (χ4v) is 2.75. The van der Waals surface area contributed by atoms with Crippen molar-refractivity contribution in [2.75, 3.05) is 5.32 Å². The number of alkyl halides is 1. The van der Waals surface area contributed by atoms with Crippen LogP contribution in [0.2, 0.25) is 10.0 Å². The molecule has 0 saturated carbocycles. The van der Waals surface area contributed by atoms with E-state index in [1.807, 2.05) is 0 Å². The lowest BCUT2D eigenvalue weighted by Gasteiger charge is -2.10. The fourth-order valence-electron chi connectivity index (χ4n) is 2.28. The van der Waals surface area contributed by atoms with Crippen LogP contribution in [0, 0.1) is 5.82 Å². The number of rotatable bonds is 5. The van der Waals surface area contributed by atoms with E-state index in [1.54, 1.807) is 30.3 Å². The molecule has 0 spiro atoms. The first-order chi connectivity index (χ1) is 13.0. The van der Waals surface area contributed by atoms with Crippen molar-refractivity contribution in [3.05, 3.63) is 87.7 Å². The van der Waals surface area contributed by atoms with Crippen LogP contribution in [0.4, 0.5) is 10.1 Å². The van der Waals surface area contributed by atoms with Gasteiger partial charge in [0.25, 0.3) is 5.91 Å². The summed E-state index contributed by atoms with van der Waals surface area (Å²) >= 11 is 17.5. The van der Waals surface area contributed by atoms with Gasteiger partial charge in [-0.15, -0.1) is 11.6 Å². The molecule has 3 aromatic carbocycles. The predicted octanol–water partition coefficient (Wildman–Crippen LogP) is 6.92. The van der Waals surface area contributed by atoms with Crippen molar-refractivity contribution in [1.29, 1.82) is 0 Å². The summed E-state index contributed by atoms with van der Waals surface area (Å²) in [5.74, 6) is -0.125. The maximum atomic E-state index is 14.3. The maximum absolute atomic E-state index is 14.3. The van der Waals surface area contributed by atoms with Gasteiger partial charge in [0.15, 0.2) is 11.6 Å². The van der Waals surface area contributed by atoms with E-state index in [9.17, 15) is 9.18 Å². The van der Waals surface area contributed by atoms with E-state index >= 15 is 0 Å². The van der Waals surface area contributed by atoms with Crippen molar-refractivity contribution in [2.45, 2.75) is 5.88 Å². The van der Waals surface area contributed by atoms with Gasteiger partial charge in [-0.1, -0.05) is 35.3 Å². The molecule has 3 aromatic rings. The minimum absolute atomic E-state index is 0.0427. The molecule has 3 rings (SSSR count). The molecule has 138 valence electrons. The molecule has 0 aliphatic heterocycles. The van der Waals surface area contributed by atoms with Gasteiger partial charge in [0.05, 0.1) is 10.0 Å². The van der Waals surface area contributed by atoms with Crippen LogP contribution in [-0.4, -0.2) is 5.91 Å². The van der Waals surface area contributed by atoms with Gasteiger partial charge in [-0.25, -0.2) is 4.39 Å². The Labute approximate surface area is 170 Å². The summed E-state index contributed by atoms with van der Waals surface area (Å²) < 4.78 is 19.8.